The van der Waals surface area contributed by atoms with Gasteiger partial charge in [0, 0.05) is 12.2 Å². The Bertz CT molecular complexity index is 433. The number of benzene rings is 1. The van der Waals surface area contributed by atoms with Crippen molar-refractivity contribution in [2.24, 2.45) is 4.99 Å². The van der Waals surface area contributed by atoms with Crippen molar-refractivity contribution in [3.63, 3.8) is 0 Å². The number of hydrogen-bond donors (Lipinski definition) is 2. The second kappa shape index (κ2) is 5.67. The summed E-state index contributed by atoms with van der Waals surface area (Å²) in [5.74, 6) is -0.150. The van der Waals surface area contributed by atoms with Gasteiger partial charge in [-0.1, -0.05) is 11.8 Å². The van der Waals surface area contributed by atoms with E-state index in [0.717, 1.165) is 18.3 Å². The molecule has 90 valence electrons. The van der Waals surface area contributed by atoms with Crippen molar-refractivity contribution in [2.45, 2.75) is 0 Å². The molecule has 0 atom stereocenters. The van der Waals surface area contributed by atoms with Gasteiger partial charge >= 0.3 is 0 Å². The van der Waals surface area contributed by atoms with Crippen molar-refractivity contribution in [1.29, 1.82) is 0 Å². The highest BCUT2D eigenvalue weighted by molar-refractivity contribution is 8.14. The number of nitrogens with one attached hydrogen (secondary N) is 2. The number of amides is 1. The minimum atomic E-state index is -0.318. The Morgan fingerprint density at radius 1 is 1.47 bits per heavy atom. The zero-order valence-electron chi connectivity index (χ0n) is 9.07. The van der Waals surface area contributed by atoms with E-state index >= 15 is 0 Å². The number of carbonyl (C=O) groups excluding carboxylic acids is 1. The lowest BCUT2D eigenvalue weighted by atomic mass is 10.3. The van der Waals surface area contributed by atoms with Gasteiger partial charge in [-0.2, -0.15) is 0 Å². The zero-order valence-corrected chi connectivity index (χ0v) is 9.89. The molecule has 0 spiro atoms. The summed E-state index contributed by atoms with van der Waals surface area (Å²) in [7, 11) is 0. The highest BCUT2D eigenvalue weighted by Gasteiger charge is 2.09. The lowest BCUT2D eigenvalue weighted by Gasteiger charge is -2.05. The van der Waals surface area contributed by atoms with Crippen molar-refractivity contribution >= 4 is 28.5 Å². The largest absolute Gasteiger partial charge is 0.363 e. The molecule has 0 unspecified atom stereocenters. The van der Waals surface area contributed by atoms with Crippen LogP contribution in [0.5, 0.6) is 0 Å². The molecule has 2 rings (SSSR count). The molecule has 1 aliphatic rings. The molecule has 4 nitrogen and oxygen atoms in total. The molecule has 0 saturated carbocycles. The van der Waals surface area contributed by atoms with Gasteiger partial charge in [-0.15, -0.1) is 0 Å². The molecule has 17 heavy (non-hydrogen) atoms. The van der Waals surface area contributed by atoms with Crippen LogP contribution in [0.2, 0.25) is 0 Å². The predicted octanol–water partition coefficient (Wildman–Crippen LogP) is 1.46. The topological polar surface area (TPSA) is 53.5 Å². The van der Waals surface area contributed by atoms with E-state index in [2.05, 4.69) is 15.6 Å². The summed E-state index contributed by atoms with van der Waals surface area (Å²) >= 11 is 1.37. The van der Waals surface area contributed by atoms with E-state index in [1.54, 1.807) is 0 Å². The Balaban J connectivity index is 1.78. The first kappa shape index (κ1) is 11.9. The fourth-order valence-electron chi connectivity index (χ4n) is 1.34. The maximum Gasteiger partial charge on any atom is 0.234 e. The summed E-state index contributed by atoms with van der Waals surface area (Å²) in [5, 5.41) is 6.56. The third-order valence-electron chi connectivity index (χ3n) is 2.11. The molecule has 1 aromatic carbocycles. The first-order valence-corrected chi connectivity index (χ1v) is 6.19. The second-order valence-corrected chi connectivity index (χ2v) is 4.42. The van der Waals surface area contributed by atoms with Crippen LogP contribution in [0.4, 0.5) is 10.1 Å². The Labute approximate surface area is 103 Å². The third kappa shape index (κ3) is 3.74. The number of thioether (sulfide) groups is 1. The molecule has 0 bridgehead atoms. The highest BCUT2D eigenvalue weighted by Crippen LogP contribution is 2.10. The summed E-state index contributed by atoms with van der Waals surface area (Å²) in [6.45, 7) is 1.60. The molecule has 1 aromatic rings. The molecule has 0 aliphatic carbocycles. The van der Waals surface area contributed by atoms with Crippen LogP contribution >= 0.6 is 11.8 Å². The fraction of sp³-hybridized carbons (Fsp3) is 0.273. The minimum absolute atomic E-state index is 0.127. The molecule has 0 fully saturated rings. The predicted molar refractivity (Wildman–Crippen MR) is 67.8 cm³/mol. The Kier molecular flexibility index (Phi) is 3.98. The molecule has 0 saturated heterocycles. The van der Waals surface area contributed by atoms with Crippen LogP contribution in [0.1, 0.15) is 0 Å². The van der Waals surface area contributed by atoms with Crippen LogP contribution in [-0.2, 0) is 4.79 Å². The Morgan fingerprint density at radius 3 is 2.88 bits per heavy atom. The average Bonchev–Trinajstić information content (AvgIpc) is 2.83. The summed E-state index contributed by atoms with van der Waals surface area (Å²) < 4.78 is 12.6. The molecule has 1 amide bonds. The van der Waals surface area contributed by atoms with Gasteiger partial charge in [0.25, 0.3) is 0 Å². The summed E-state index contributed by atoms with van der Waals surface area (Å²) in [5.41, 5.74) is 0.596. The molecule has 6 heteroatoms. The van der Waals surface area contributed by atoms with Crippen molar-refractivity contribution in [3.05, 3.63) is 30.1 Å². The van der Waals surface area contributed by atoms with Gasteiger partial charge in [0.05, 0.1) is 12.3 Å². The third-order valence-corrected chi connectivity index (χ3v) is 3.06. The van der Waals surface area contributed by atoms with E-state index in [1.165, 1.54) is 36.0 Å². The van der Waals surface area contributed by atoms with Gasteiger partial charge < -0.3 is 10.6 Å². The van der Waals surface area contributed by atoms with Crippen molar-refractivity contribution in [1.82, 2.24) is 5.32 Å². The summed E-state index contributed by atoms with van der Waals surface area (Å²) in [6.07, 6.45) is 0. The van der Waals surface area contributed by atoms with Crippen molar-refractivity contribution in [3.8, 4) is 0 Å². The van der Waals surface area contributed by atoms with E-state index in [0.29, 0.717) is 11.4 Å². The maximum atomic E-state index is 12.6. The van der Waals surface area contributed by atoms with Gasteiger partial charge in [0.2, 0.25) is 5.91 Å². The number of amidine groups is 1. The van der Waals surface area contributed by atoms with Crippen LogP contribution in [0.25, 0.3) is 0 Å². The lowest BCUT2D eigenvalue weighted by molar-refractivity contribution is -0.113. The van der Waals surface area contributed by atoms with E-state index < -0.39 is 0 Å². The van der Waals surface area contributed by atoms with Crippen molar-refractivity contribution in [2.75, 3.05) is 24.2 Å². The number of halogens is 1. The zero-order chi connectivity index (χ0) is 12.1. The summed E-state index contributed by atoms with van der Waals surface area (Å²) in [4.78, 5) is 15.7. The molecular weight excluding hydrogens is 241 g/mol. The van der Waals surface area contributed by atoms with Gasteiger partial charge in [-0.25, -0.2) is 4.39 Å². The first-order valence-electron chi connectivity index (χ1n) is 5.20. The second-order valence-electron chi connectivity index (χ2n) is 3.46. The lowest BCUT2D eigenvalue weighted by Crippen LogP contribution is -2.20. The summed E-state index contributed by atoms with van der Waals surface area (Å²) in [6, 6.07) is 5.68. The number of anilines is 1. The molecule has 0 aromatic heterocycles. The van der Waals surface area contributed by atoms with Gasteiger partial charge in [0.1, 0.15) is 5.82 Å². The van der Waals surface area contributed by atoms with Crippen LogP contribution in [-0.4, -0.2) is 29.9 Å². The number of rotatable bonds is 3. The number of aliphatic imine (C=N–C) groups is 1. The Morgan fingerprint density at radius 2 is 2.24 bits per heavy atom. The maximum absolute atomic E-state index is 12.6. The standard InChI is InChI=1S/C11H12FN3OS/c12-8-1-3-9(4-2-8)15-10(16)7-17-11-13-5-6-14-11/h1-4H,5-7H2,(H,13,14)(H,15,16). The first-order chi connectivity index (χ1) is 8.24. The number of nitrogens with zero attached hydrogens (tertiary/aromatic N) is 1. The number of carbonyl (C=O) groups is 1. The smallest absolute Gasteiger partial charge is 0.234 e. The highest BCUT2D eigenvalue weighted by atomic mass is 32.2. The van der Waals surface area contributed by atoms with E-state index in [-0.39, 0.29) is 11.7 Å². The normalized spacial score (nSPS) is 14.1. The minimum Gasteiger partial charge on any atom is -0.363 e. The number of hydrogen-bond acceptors (Lipinski definition) is 4. The monoisotopic (exact) mass is 253 g/mol. The SMILES string of the molecule is O=C(CSC1=NCCN1)Nc1ccc(F)cc1. The van der Waals surface area contributed by atoms with E-state index in [9.17, 15) is 9.18 Å². The molecule has 1 aliphatic heterocycles. The fourth-order valence-corrected chi connectivity index (χ4v) is 2.06. The van der Waals surface area contributed by atoms with Gasteiger partial charge in [0.15, 0.2) is 5.17 Å². The van der Waals surface area contributed by atoms with Crippen LogP contribution in [0.15, 0.2) is 29.3 Å². The molecular formula is C11H12FN3OS. The van der Waals surface area contributed by atoms with Crippen LogP contribution in [0, 0.1) is 5.82 Å². The molecule has 2 N–H and O–H groups in total. The van der Waals surface area contributed by atoms with Gasteiger partial charge in [-0.3, -0.25) is 9.79 Å². The van der Waals surface area contributed by atoms with E-state index in [4.69, 9.17) is 0 Å². The van der Waals surface area contributed by atoms with Gasteiger partial charge in [-0.05, 0) is 24.3 Å². The Hall–Kier alpha value is -1.56. The van der Waals surface area contributed by atoms with Crippen LogP contribution in [0.3, 0.4) is 0 Å². The van der Waals surface area contributed by atoms with Crippen LogP contribution < -0.4 is 10.6 Å². The van der Waals surface area contributed by atoms with Crippen molar-refractivity contribution < 1.29 is 9.18 Å². The van der Waals surface area contributed by atoms with E-state index in [1.807, 2.05) is 0 Å². The average molecular weight is 253 g/mol. The molecule has 0 radical (unpaired) electrons. The molecule has 1 heterocycles. The quantitative estimate of drug-likeness (QED) is 0.857.